The molecular formula is C22H35N5O2S. The van der Waals surface area contributed by atoms with Crippen LogP contribution in [0.3, 0.4) is 0 Å². The largest absolute Gasteiger partial charge is 0.371 e. The highest BCUT2D eigenvalue weighted by Gasteiger charge is 2.49. The molecule has 4 unspecified atom stereocenters. The average molecular weight is 434 g/mol. The van der Waals surface area contributed by atoms with Crippen LogP contribution in [0.2, 0.25) is 0 Å². The van der Waals surface area contributed by atoms with Gasteiger partial charge in [0.25, 0.3) is 0 Å². The fourth-order valence-corrected chi connectivity index (χ4v) is 6.05. The van der Waals surface area contributed by atoms with Gasteiger partial charge in [0.2, 0.25) is 0 Å². The van der Waals surface area contributed by atoms with Gasteiger partial charge in [0.15, 0.2) is 5.11 Å². The molecule has 2 aliphatic carbocycles. The number of rotatable bonds is 5. The molecular weight excluding hydrogens is 398 g/mol. The Labute approximate surface area is 184 Å². The number of thiocarbonyl (C=S) groups is 1. The van der Waals surface area contributed by atoms with E-state index in [1.165, 1.54) is 64.2 Å². The smallest absolute Gasteiger partial charge is 0.166 e. The quantitative estimate of drug-likeness (QED) is 0.692. The molecule has 7 nitrogen and oxygen atoms in total. The zero-order valence-corrected chi connectivity index (χ0v) is 18.6. The molecule has 3 heterocycles. The van der Waals surface area contributed by atoms with Gasteiger partial charge in [0.1, 0.15) is 18.2 Å². The summed E-state index contributed by atoms with van der Waals surface area (Å²) >= 11 is 5.57. The van der Waals surface area contributed by atoms with Crippen molar-refractivity contribution in [1.82, 2.24) is 25.6 Å². The molecule has 30 heavy (non-hydrogen) atoms. The molecule has 2 saturated carbocycles. The van der Waals surface area contributed by atoms with Crippen LogP contribution in [0.25, 0.3) is 0 Å². The van der Waals surface area contributed by atoms with E-state index < -0.39 is 0 Å². The van der Waals surface area contributed by atoms with E-state index in [4.69, 9.17) is 21.7 Å². The fourth-order valence-electron chi connectivity index (χ4n) is 5.73. The zero-order valence-electron chi connectivity index (χ0n) is 17.8. The first-order valence-corrected chi connectivity index (χ1v) is 12.4. The summed E-state index contributed by atoms with van der Waals surface area (Å²) in [5, 5.41) is 16.6. The van der Waals surface area contributed by atoms with Gasteiger partial charge in [0, 0.05) is 12.2 Å². The molecule has 4 atom stereocenters. The molecule has 5 rings (SSSR count). The van der Waals surface area contributed by atoms with E-state index >= 15 is 0 Å². The first-order chi connectivity index (χ1) is 14.8. The lowest BCUT2D eigenvalue weighted by Gasteiger charge is -2.26. The van der Waals surface area contributed by atoms with E-state index in [9.17, 15) is 0 Å². The summed E-state index contributed by atoms with van der Waals surface area (Å²) in [6, 6.07) is 0.690. The molecule has 4 aliphatic rings. The average Bonchev–Trinajstić information content (AvgIpc) is 3.47. The van der Waals surface area contributed by atoms with Crippen LogP contribution in [0.1, 0.15) is 75.9 Å². The molecule has 4 fully saturated rings. The van der Waals surface area contributed by atoms with Crippen molar-refractivity contribution in [2.75, 3.05) is 13.2 Å². The van der Waals surface area contributed by atoms with Gasteiger partial charge in [-0.05, 0) is 37.4 Å². The van der Waals surface area contributed by atoms with Crippen molar-refractivity contribution in [3.8, 4) is 0 Å². The van der Waals surface area contributed by atoms with Crippen LogP contribution < -0.4 is 10.6 Å². The number of ether oxygens (including phenoxy) is 2. The minimum Gasteiger partial charge on any atom is -0.371 e. The third-order valence-corrected chi connectivity index (χ3v) is 7.64. The molecule has 0 spiro atoms. The summed E-state index contributed by atoms with van der Waals surface area (Å²) in [6.45, 7) is 1.23. The summed E-state index contributed by atoms with van der Waals surface area (Å²) in [7, 11) is 0. The topological polar surface area (TPSA) is 73.2 Å². The molecule has 0 radical (unpaired) electrons. The number of hydrogen-bond donors (Lipinski definition) is 2. The number of fused-ring (bicyclic) bond motifs is 1. The number of nitrogens with one attached hydrogen (secondary N) is 2. The third-order valence-electron chi connectivity index (χ3n) is 7.40. The fraction of sp³-hybridized carbons (Fsp3) is 0.864. The van der Waals surface area contributed by atoms with Gasteiger partial charge in [-0.25, -0.2) is 4.68 Å². The Morgan fingerprint density at radius 2 is 1.70 bits per heavy atom. The molecule has 166 valence electrons. The minimum atomic E-state index is 0.00390. The minimum absolute atomic E-state index is 0.00390. The lowest BCUT2D eigenvalue weighted by molar-refractivity contribution is 0.0624. The van der Waals surface area contributed by atoms with Gasteiger partial charge in [-0.3, -0.25) is 0 Å². The molecule has 8 heteroatoms. The van der Waals surface area contributed by atoms with Crippen LogP contribution in [0, 0.1) is 5.92 Å². The molecule has 0 aromatic carbocycles. The van der Waals surface area contributed by atoms with E-state index in [2.05, 4.69) is 27.1 Å². The lowest BCUT2D eigenvalue weighted by Crippen LogP contribution is -2.50. The molecule has 1 aromatic heterocycles. The van der Waals surface area contributed by atoms with Crippen molar-refractivity contribution in [3.63, 3.8) is 0 Å². The van der Waals surface area contributed by atoms with Gasteiger partial charge in [0.05, 0.1) is 24.9 Å². The summed E-state index contributed by atoms with van der Waals surface area (Å²) in [5.41, 5.74) is 1.11. The Morgan fingerprint density at radius 3 is 2.50 bits per heavy atom. The third kappa shape index (κ3) is 4.65. The monoisotopic (exact) mass is 433 g/mol. The highest BCUT2D eigenvalue weighted by atomic mass is 32.1. The predicted molar refractivity (Wildman–Crippen MR) is 118 cm³/mol. The van der Waals surface area contributed by atoms with Gasteiger partial charge < -0.3 is 20.1 Å². The SMILES string of the molecule is S=C(NC1CCCCC1)NC1COC2C1OCC2n1cc(CC2CCCCC2)nn1. The Hall–Kier alpha value is -1.25. The first-order valence-electron chi connectivity index (χ1n) is 12.0. The van der Waals surface area contributed by atoms with E-state index in [1.54, 1.807) is 0 Å². The van der Waals surface area contributed by atoms with Gasteiger partial charge in [-0.1, -0.05) is 56.6 Å². The highest BCUT2D eigenvalue weighted by molar-refractivity contribution is 7.80. The maximum absolute atomic E-state index is 6.14. The maximum Gasteiger partial charge on any atom is 0.166 e. The lowest BCUT2D eigenvalue weighted by atomic mass is 9.86. The van der Waals surface area contributed by atoms with Crippen molar-refractivity contribution < 1.29 is 9.47 Å². The van der Waals surface area contributed by atoms with E-state index in [0.29, 0.717) is 19.3 Å². The molecule has 2 N–H and O–H groups in total. The molecule has 2 aliphatic heterocycles. The van der Waals surface area contributed by atoms with Gasteiger partial charge in [-0.2, -0.15) is 0 Å². The summed E-state index contributed by atoms with van der Waals surface area (Å²) in [6.07, 6.45) is 16.3. The van der Waals surface area contributed by atoms with Crippen LogP contribution in [-0.4, -0.2) is 57.6 Å². The Balaban J connectivity index is 1.14. The van der Waals surface area contributed by atoms with Crippen LogP contribution in [0.15, 0.2) is 6.20 Å². The van der Waals surface area contributed by atoms with Crippen molar-refractivity contribution in [3.05, 3.63) is 11.9 Å². The van der Waals surface area contributed by atoms with Crippen molar-refractivity contribution in [2.45, 2.75) is 101 Å². The second-order valence-electron chi connectivity index (χ2n) is 9.62. The van der Waals surface area contributed by atoms with Crippen LogP contribution in [-0.2, 0) is 15.9 Å². The number of aromatic nitrogens is 3. The van der Waals surface area contributed by atoms with Gasteiger partial charge >= 0.3 is 0 Å². The Bertz CT molecular complexity index is 716. The number of nitrogens with zero attached hydrogens (tertiary/aromatic N) is 3. The van der Waals surface area contributed by atoms with E-state index in [-0.39, 0.29) is 24.3 Å². The summed E-state index contributed by atoms with van der Waals surface area (Å²) in [5.74, 6) is 0.769. The predicted octanol–water partition coefficient (Wildman–Crippen LogP) is 2.91. The highest BCUT2D eigenvalue weighted by Crippen LogP contribution is 2.34. The van der Waals surface area contributed by atoms with Crippen LogP contribution >= 0.6 is 12.2 Å². The Kier molecular flexibility index (Phi) is 6.53. The first kappa shape index (κ1) is 20.6. The van der Waals surface area contributed by atoms with E-state index in [1.807, 2.05) is 4.68 Å². The summed E-state index contributed by atoms with van der Waals surface area (Å²) in [4.78, 5) is 0. The van der Waals surface area contributed by atoms with Crippen molar-refractivity contribution >= 4 is 17.3 Å². The standard InChI is InChI=1S/C22H35N5O2S/c30-22(23-16-9-5-2-6-10-16)24-18-13-28-21-19(14-29-20(18)21)27-12-17(25-26-27)11-15-7-3-1-4-8-15/h12,15-16,18-21H,1-11,13-14H2,(H2,23,24,30). The second-order valence-corrected chi connectivity index (χ2v) is 10.0. The van der Waals surface area contributed by atoms with Crippen LogP contribution in [0.5, 0.6) is 0 Å². The van der Waals surface area contributed by atoms with Crippen LogP contribution in [0.4, 0.5) is 0 Å². The molecule has 0 bridgehead atoms. The van der Waals surface area contributed by atoms with Gasteiger partial charge in [-0.15, -0.1) is 5.10 Å². The van der Waals surface area contributed by atoms with Crippen molar-refractivity contribution in [1.29, 1.82) is 0 Å². The normalized spacial score (nSPS) is 32.8. The number of hydrogen-bond acceptors (Lipinski definition) is 5. The molecule has 2 saturated heterocycles. The molecule has 1 aromatic rings. The summed E-state index contributed by atoms with van der Waals surface area (Å²) < 4.78 is 14.3. The second kappa shape index (κ2) is 9.49. The zero-order chi connectivity index (χ0) is 20.3. The molecule has 0 amide bonds. The van der Waals surface area contributed by atoms with E-state index in [0.717, 1.165) is 23.1 Å². The van der Waals surface area contributed by atoms with Crippen molar-refractivity contribution in [2.24, 2.45) is 5.92 Å². The Morgan fingerprint density at radius 1 is 0.967 bits per heavy atom. The maximum atomic E-state index is 6.14.